The molecule has 1 heterocycles. The third-order valence-electron chi connectivity index (χ3n) is 5.06. The van der Waals surface area contributed by atoms with E-state index in [4.69, 9.17) is 16.3 Å². The van der Waals surface area contributed by atoms with Gasteiger partial charge in [0.1, 0.15) is 0 Å². The summed E-state index contributed by atoms with van der Waals surface area (Å²) in [5.41, 5.74) is 4.59. The number of rotatable bonds is 5. The van der Waals surface area contributed by atoms with Crippen LogP contribution >= 0.6 is 11.6 Å². The Labute approximate surface area is 160 Å². The molecule has 1 fully saturated rings. The van der Waals surface area contributed by atoms with Crippen molar-refractivity contribution in [2.75, 3.05) is 6.61 Å². The maximum atomic E-state index is 10.1. The van der Waals surface area contributed by atoms with Gasteiger partial charge in [-0.15, -0.1) is 0 Å². The number of halogens is 1. The molecule has 2 aromatic carbocycles. The highest BCUT2D eigenvalue weighted by molar-refractivity contribution is 6.31. The molecule has 0 radical (unpaired) electrons. The molecule has 1 aliphatic heterocycles. The van der Waals surface area contributed by atoms with Crippen molar-refractivity contribution in [1.29, 1.82) is 0 Å². The van der Waals surface area contributed by atoms with E-state index in [1.807, 2.05) is 12.1 Å². The van der Waals surface area contributed by atoms with Crippen LogP contribution in [0.1, 0.15) is 61.0 Å². The summed E-state index contributed by atoms with van der Waals surface area (Å²) in [7, 11) is 0. The molecule has 3 rings (SSSR count). The molecule has 1 aliphatic rings. The van der Waals surface area contributed by atoms with E-state index in [0.717, 1.165) is 22.6 Å². The summed E-state index contributed by atoms with van der Waals surface area (Å²) >= 11 is 6.42. The second-order valence-corrected chi connectivity index (χ2v) is 7.89. The number of aliphatic hydroxyl groups excluding tert-OH is 2. The topological polar surface area (TPSA) is 49.7 Å². The lowest BCUT2D eigenvalue weighted by Gasteiger charge is -2.32. The Morgan fingerprint density at radius 3 is 2.50 bits per heavy atom. The normalized spacial score (nSPS) is 23.4. The molecule has 140 valence electrons. The Hall–Kier alpha value is -1.39. The number of benzene rings is 2. The van der Waals surface area contributed by atoms with Gasteiger partial charge >= 0.3 is 0 Å². The Morgan fingerprint density at radius 2 is 1.85 bits per heavy atom. The van der Waals surface area contributed by atoms with Gasteiger partial charge in [-0.3, -0.25) is 0 Å². The van der Waals surface area contributed by atoms with E-state index in [0.29, 0.717) is 18.8 Å². The Kier molecular flexibility index (Phi) is 6.36. The van der Waals surface area contributed by atoms with Crippen molar-refractivity contribution in [3.05, 3.63) is 69.7 Å². The summed E-state index contributed by atoms with van der Waals surface area (Å²) in [4.78, 5) is 0. The van der Waals surface area contributed by atoms with Gasteiger partial charge in [-0.2, -0.15) is 0 Å². The van der Waals surface area contributed by atoms with Crippen LogP contribution in [-0.4, -0.2) is 29.0 Å². The molecule has 0 aliphatic carbocycles. The first-order valence-electron chi connectivity index (χ1n) is 9.27. The largest absolute Gasteiger partial charge is 0.394 e. The minimum Gasteiger partial charge on any atom is -0.394 e. The maximum absolute atomic E-state index is 10.1. The molecule has 26 heavy (non-hydrogen) atoms. The fourth-order valence-electron chi connectivity index (χ4n) is 3.49. The molecule has 0 unspecified atom stereocenters. The molecular weight excluding hydrogens is 348 g/mol. The van der Waals surface area contributed by atoms with Crippen molar-refractivity contribution in [3.63, 3.8) is 0 Å². The standard InChI is InChI=1S/C22H27ClO3/c1-14(2)16-5-3-15(4-6-16)9-18-10-17(7-8-21(18)23)22-12-19(25)11-20(13-24)26-22/h3-8,10,14,19-20,22,24-25H,9,11-13H2,1-2H3/t19-,20-,22+/m0/s1. The van der Waals surface area contributed by atoms with E-state index in [-0.39, 0.29) is 18.8 Å². The van der Waals surface area contributed by atoms with Crippen LogP contribution in [0, 0.1) is 0 Å². The minimum atomic E-state index is -0.450. The predicted molar refractivity (Wildman–Crippen MR) is 105 cm³/mol. The Bertz CT molecular complexity index is 727. The van der Waals surface area contributed by atoms with Crippen LogP contribution in [0.25, 0.3) is 0 Å². The summed E-state index contributed by atoms with van der Waals surface area (Å²) in [6.07, 6.45) is 0.801. The number of hydrogen-bond acceptors (Lipinski definition) is 3. The van der Waals surface area contributed by atoms with Gasteiger partial charge < -0.3 is 14.9 Å². The average Bonchev–Trinajstić information content (AvgIpc) is 2.63. The molecule has 2 N–H and O–H groups in total. The van der Waals surface area contributed by atoms with Crippen LogP contribution in [0.4, 0.5) is 0 Å². The van der Waals surface area contributed by atoms with Crippen molar-refractivity contribution in [1.82, 2.24) is 0 Å². The SMILES string of the molecule is CC(C)c1ccc(Cc2cc([C@H]3C[C@@H](O)C[C@@H](CO)O3)ccc2Cl)cc1. The van der Waals surface area contributed by atoms with Gasteiger partial charge in [-0.1, -0.05) is 61.8 Å². The van der Waals surface area contributed by atoms with Crippen LogP contribution in [-0.2, 0) is 11.2 Å². The first kappa shape index (κ1) is 19.4. The first-order valence-corrected chi connectivity index (χ1v) is 9.65. The Balaban J connectivity index is 1.79. The molecule has 1 saturated heterocycles. The molecule has 2 aromatic rings. The molecule has 0 spiro atoms. The van der Waals surface area contributed by atoms with Gasteiger partial charge in [0.2, 0.25) is 0 Å². The van der Waals surface area contributed by atoms with Gasteiger partial charge in [-0.25, -0.2) is 0 Å². The summed E-state index contributed by atoms with van der Waals surface area (Å²) in [6.45, 7) is 4.30. The smallest absolute Gasteiger partial charge is 0.0854 e. The molecule has 3 atom stereocenters. The minimum absolute atomic E-state index is 0.0732. The van der Waals surface area contributed by atoms with Crippen molar-refractivity contribution in [2.24, 2.45) is 0 Å². The van der Waals surface area contributed by atoms with Crippen molar-refractivity contribution >= 4 is 11.6 Å². The number of hydrogen-bond donors (Lipinski definition) is 2. The molecule has 3 nitrogen and oxygen atoms in total. The first-order chi connectivity index (χ1) is 12.5. The van der Waals surface area contributed by atoms with Gasteiger partial charge in [0.05, 0.1) is 24.9 Å². The van der Waals surface area contributed by atoms with E-state index in [9.17, 15) is 10.2 Å². The zero-order valence-electron chi connectivity index (χ0n) is 15.4. The molecular formula is C22H27ClO3. The average molecular weight is 375 g/mol. The number of aliphatic hydroxyl groups is 2. The van der Waals surface area contributed by atoms with Gasteiger partial charge in [0.15, 0.2) is 0 Å². The van der Waals surface area contributed by atoms with Crippen LogP contribution in [0.3, 0.4) is 0 Å². The molecule has 0 aromatic heterocycles. The molecule has 0 saturated carbocycles. The summed E-state index contributed by atoms with van der Waals surface area (Å²) < 4.78 is 5.93. The van der Waals surface area contributed by atoms with Gasteiger partial charge in [0.25, 0.3) is 0 Å². The van der Waals surface area contributed by atoms with Crippen LogP contribution in [0.15, 0.2) is 42.5 Å². The van der Waals surface area contributed by atoms with Crippen molar-refractivity contribution < 1.29 is 14.9 Å². The fraction of sp³-hybridized carbons (Fsp3) is 0.455. The quantitative estimate of drug-likeness (QED) is 0.802. The molecule has 0 amide bonds. The monoisotopic (exact) mass is 374 g/mol. The van der Waals surface area contributed by atoms with Gasteiger partial charge in [0, 0.05) is 17.9 Å². The van der Waals surface area contributed by atoms with Crippen LogP contribution in [0.5, 0.6) is 0 Å². The summed E-state index contributed by atoms with van der Waals surface area (Å²) in [5, 5.41) is 20.2. The van der Waals surface area contributed by atoms with E-state index in [2.05, 4.69) is 44.2 Å². The lowest BCUT2D eigenvalue weighted by molar-refractivity contribution is -0.113. The lowest BCUT2D eigenvalue weighted by Crippen LogP contribution is -2.33. The molecule has 0 bridgehead atoms. The predicted octanol–water partition coefficient (Wildman–Crippen LogP) is 4.63. The lowest BCUT2D eigenvalue weighted by atomic mass is 9.93. The highest BCUT2D eigenvalue weighted by atomic mass is 35.5. The molecule has 4 heteroatoms. The highest BCUT2D eigenvalue weighted by Crippen LogP contribution is 2.33. The summed E-state index contributed by atoms with van der Waals surface area (Å²) in [6, 6.07) is 14.6. The highest BCUT2D eigenvalue weighted by Gasteiger charge is 2.29. The van der Waals surface area contributed by atoms with E-state index >= 15 is 0 Å². The van der Waals surface area contributed by atoms with E-state index < -0.39 is 6.10 Å². The fourth-order valence-corrected chi connectivity index (χ4v) is 3.68. The second kappa shape index (κ2) is 8.53. The number of ether oxygens (including phenoxy) is 1. The van der Waals surface area contributed by atoms with Crippen molar-refractivity contribution in [3.8, 4) is 0 Å². The van der Waals surface area contributed by atoms with Crippen molar-refractivity contribution in [2.45, 2.75) is 57.3 Å². The zero-order valence-corrected chi connectivity index (χ0v) is 16.1. The maximum Gasteiger partial charge on any atom is 0.0854 e. The summed E-state index contributed by atoms with van der Waals surface area (Å²) in [5.74, 6) is 0.519. The van der Waals surface area contributed by atoms with Crippen LogP contribution in [0.2, 0.25) is 5.02 Å². The Morgan fingerprint density at radius 1 is 1.12 bits per heavy atom. The zero-order chi connectivity index (χ0) is 18.7. The van der Waals surface area contributed by atoms with Crippen LogP contribution < -0.4 is 0 Å². The van der Waals surface area contributed by atoms with E-state index in [1.54, 1.807) is 0 Å². The van der Waals surface area contributed by atoms with Gasteiger partial charge in [-0.05, 0) is 40.7 Å². The second-order valence-electron chi connectivity index (χ2n) is 7.48. The third-order valence-corrected chi connectivity index (χ3v) is 5.43. The van der Waals surface area contributed by atoms with E-state index in [1.165, 1.54) is 11.1 Å². The third kappa shape index (κ3) is 4.66.